The number of rotatable bonds is 3. The van der Waals surface area contributed by atoms with Crippen molar-refractivity contribution in [3.8, 4) is 5.69 Å². The minimum atomic E-state index is -4.43. The van der Waals surface area contributed by atoms with Crippen LogP contribution < -0.4 is 5.32 Å². The molecule has 0 bridgehead atoms. The van der Waals surface area contributed by atoms with Crippen LogP contribution in [0.4, 0.5) is 13.2 Å². The Morgan fingerprint density at radius 3 is 2.58 bits per heavy atom. The second-order valence-electron chi connectivity index (χ2n) is 4.10. The molecule has 102 valence electrons. The van der Waals surface area contributed by atoms with Crippen LogP contribution in [0, 0.1) is 0 Å². The van der Waals surface area contributed by atoms with Crippen molar-refractivity contribution in [3.63, 3.8) is 0 Å². The van der Waals surface area contributed by atoms with Crippen LogP contribution >= 0.6 is 0 Å². The molecule has 19 heavy (non-hydrogen) atoms. The number of aromatic nitrogens is 3. The number of para-hydroxylation sites is 1. The van der Waals surface area contributed by atoms with E-state index < -0.39 is 11.7 Å². The Balaban J connectivity index is 2.57. The van der Waals surface area contributed by atoms with Crippen molar-refractivity contribution in [2.24, 2.45) is 0 Å². The first-order valence-electron chi connectivity index (χ1n) is 5.69. The van der Waals surface area contributed by atoms with E-state index in [-0.39, 0.29) is 11.7 Å². The standard InChI is InChI=1S/C12H13F3N4/c1-8(16-2)11-7-17-18-19(11)10-6-4-3-5-9(10)12(13,14)15/h3-8,16H,1-2H3. The maximum absolute atomic E-state index is 13.0. The molecule has 0 spiro atoms. The predicted octanol–water partition coefficient (Wildman–Crippen LogP) is 2.57. The zero-order chi connectivity index (χ0) is 14.0. The number of benzene rings is 1. The lowest BCUT2D eigenvalue weighted by Gasteiger charge is -2.16. The van der Waals surface area contributed by atoms with Crippen LogP contribution in [0.1, 0.15) is 24.2 Å². The highest BCUT2D eigenvalue weighted by Crippen LogP contribution is 2.34. The Hall–Kier alpha value is -1.89. The number of alkyl halides is 3. The summed E-state index contributed by atoms with van der Waals surface area (Å²) < 4.78 is 40.1. The Labute approximate surface area is 108 Å². The lowest BCUT2D eigenvalue weighted by Crippen LogP contribution is -2.19. The first kappa shape index (κ1) is 13.5. The van der Waals surface area contributed by atoms with Crippen molar-refractivity contribution in [1.82, 2.24) is 20.3 Å². The van der Waals surface area contributed by atoms with E-state index in [0.29, 0.717) is 5.69 Å². The minimum absolute atomic E-state index is 0.0235. The molecule has 2 rings (SSSR count). The summed E-state index contributed by atoms with van der Waals surface area (Å²) >= 11 is 0. The fourth-order valence-corrected chi connectivity index (χ4v) is 1.77. The van der Waals surface area contributed by atoms with E-state index in [9.17, 15) is 13.2 Å². The van der Waals surface area contributed by atoms with Gasteiger partial charge in [-0.05, 0) is 26.1 Å². The highest BCUT2D eigenvalue weighted by Gasteiger charge is 2.34. The first-order valence-corrected chi connectivity index (χ1v) is 5.69. The summed E-state index contributed by atoms with van der Waals surface area (Å²) in [5.74, 6) is 0. The van der Waals surface area contributed by atoms with Gasteiger partial charge in [-0.2, -0.15) is 13.2 Å². The number of nitrogens with zero attached hydrogens (tertiary/aromatic N) is 3. The van der Waals surface area contributed by atoms with Gasteiger partial charge < -0.3 is 5.32 Å². The SMILES string of the molecule is CNC(C)c1cnnn1-c1ccccc1C(F)(F)F. The molecule has 2 aromatic rings. The van der Waals surface area contributed by atoms with Crippen molar-refractivity contribution < 1.29 is 13.2 Å². The van der Waals surface area contributed by atoms with E-state index in [1.807, 2.05) is 6.92 Å². The van der Waals surface area contributed by atoms with Crippen molar-refractivity contribution in [2.75, 3.05) is 7.05 Å². The van der Waals surface area contributed by atoms with E-state index in [2.05, 4.69) is 15.6 Å². The van der Waals surface area contributed by atoms with Gasteiger partial charge in [0.2, 0.25) is 0 Å². The van der Waals surface area contributed by atoms with E-state index in [1.54, 1.807) is 13.1 Å². The number of hydrogen-bond acceptors (Lipinski definition) is 3. The Morgan fingerprint density at radius 2 is 1.95 bits per heavy atom. The van der Waals surface area contributed by atoms with E-state index in [4.69, 9.17) is 0 Å². The molecule has 7 heteroatoms. The van der Waals surface area contributed by atoms with Gasteiger partial charge in [0, 0.05) is 6.04 Å². The van der Waals surface area contributed by atoms with Crippen LogP contribution in [-0.2, 0) is 6.18 Å². The van der Waals surface area contributed by atoms with E-state index in [1.165, 1.54) is 23.0 Å². The number of nitrogens with one attached hydrogen (secondary N) is 1. The van der Waals surface area contributed by atoms with Crippen LogP contribution in [0.5, 0.6) is 0 Å². The van der Waals surface area contributed by atoms with Crippen molar-refractivity contribution >= 4 is 0 Å². The smallest absolute Gasteiger partial charge is 0.312 e. The number of halogens is 3. The first-order chi connectivity index (χ1) is 8.95. The summed E-state index contributed by atoms with van der Waals surface area (Å²) in [5, 5.41) is 10.4. The summed E-state index contributed by atoms with van der Waals surface area (Å²) in [6, 6.07) is 5.15. The molecule has 0 amide bonds. The largest absolute Gasteiger partial charge is 0.418 e. The highest BCUT2D eigenvalue weighted by molar-refractivity contribution is 5.43. The van der Waals surface area contributed by atoms with Gasteiger partial charge in [0.15, 0.2) is 0 Å². The van der Waals surface area contributed by atoms with Crippen LogP contribution in [0.3, 0.4) is 0 Å². The van der Waals surface area contributed by atoms with Gasteiger partial charge >= 0.3 is 6.18 Å². The predicted molar refractivity (Wildman–Crippen MR) is 63.8 cm³/mol. The molecular formula is C12H13F3N4. The fraction of sp³-hybridized carbons (Fsp3) is 0.333. The fourth-order valence-electron chi connectivity index (χ4n) is 1.77. The Kier molecular flexibility index (Phi) is 3.57. The molecule has 1 heterocycles. The quantitative estimate of drug-likeness (QED) is 0.932. The third kappa shape index (κ3) is 2.60. The summed E-state index contributed by atoms with van der Waals surface area (Å²) in [6.45, 7) is 1.82. The van der Waals surface area contributed by atoms with Gasteiger partial charge in [0.1, 0.15) is 0 Å². The van der Waals surface area contributed by atoms with Crippen LogP contribution in [0.25, 0.3) is 5.69 Å². The van der Waals surface area contributed by atoms with Gasteiger partial charge in [-0.25, -0.2) is 4.68 Å². The third-order valence-electron chi connectivity index (χ3n) is 2.89. The maximum atomic E-state index is 13.0. The third-order valence-corrected chi connectivity index (χ3v) is 2.89. The van der Waals surface area contributed by atoms with Gasteiger partial charge in [-0.3, -0.25) is 0 Å². The minimum Gasteiger partial charge on any atom is -0.312 e. The van der Waals surface area contributed by atoms with E-state index in [0.717, 1.165) is 6.07 Å². The topological polar surface area (TPSA) is 42.7 Å². The lowest BCUT2D eigenvalue weighted by molar-refractivity contribution is -0.137. The monoisotopic (exact) mass is 270 g/mol. The van der Waals surface area contributed by atoms with Crippen molar-refractivity contribution in [2.45, 2.75) is 19.1 Å². The van der Waals surface area contributed by atoms with Gasteiger partial charge in [0.05, 0.1) is 23.1 Å². The molecule has 0 aliphatic rings. The molecular weight excluding hydrogens is 257 g/mol. The Bertz CT molecular complexity index is 562. The zero-order valence-electron chi connectivity index (χ0n) is 10.4. The molecule has 1 aromatic carbocycles. The molecule has 0 fully saturated rings. The molecule has 0 saturated carbocycles. The molecule has 1 N–H and O–H groups in total. The second-order valence-corrected chi connectivity index (χ2v) is 4.10. The summed E-state index contributed by atoms with van der Waals surface area (Å²) in [4.78, 5) is 0. The average molecular weight is 270 g/mol. The maximum Gasteiger partial charge on any atom is 0.418 e. The molecule has 0 radical (unpaired) electrons. The Morgan fingerprint density at radius 1 is 1.26 bits per heavy atom. The van der Waals surface area contributed by atoms with Crippen molar-refractivity contribution in [3.05, 3.63) is 41.7 Å². The van der Waals surface area contributed by atoms with Crippen molar-refractivity contribution in [1.29, 1.82) is 0 Å². The summed E-state index contributed by atoms with van der Waals surface area (Å²) in [5.41, 5.74) is -0.186. The van der Waals surface area contributed by atoms with Gasteiger partial charge in [-0.15, -0.1) is 5.10 Å². The molecule has 0 aliphatic carbocycles. The van der Waals surface area contributed by atoms with Gasteiger partial charge in [-0.1, -0.05) is 17.3 Å². The lowest BCUT2D eigenvalue weighted by atomic mass is 10.1. The average Bonchev–Trinajstić information content (AvgIpc) is 2.86. The molecule has 4 nitrogen and oxygen atoms in total. The molecule has 1 atom stereocenters. The molecule has 0 saturated heterocycles. The van der Waals surface area contributed by atoms with Crippen LogP contribution in [0.2, 0.25) is 0 Å². The molecule has 0 aliphatic heterocycles. The molecule has 1 aromatic heterocycles. The number of hydrogen-bond donors (Lipinski definition) is 1. The second kappa shape index (κ2) is 5.00. The zero-order valence-corrected chi connectivity index (χ0v) is 10.4. The van der Waals surface area contributed by atoms with E-state index >= 15 is 0 Å². The van der Waals surface area contributed by atoms with Crippen LogP contribution in [0.15, 0.2) is 30.5 Å². The van der Waals surface area contributed by atoms with Crippen LogP contribution in [-0.4, -0.2) is 22.0 Å². The summed E-state index contributed by atoms with van der Waals surface area (Å²) in [7, 11) is 1.72. The van der Waals surface area contributed by atoms with Gasteiger partial charge in [0.25, 0.3) is 0 Å². The highest BCUT2D eigenvalue weighted by atomic mass is 19.4. The molecule has 1 unspecified atom stereocenters. The normalized spacial score (nSPS) is 13.5. The summed E-state index contributed by atoms with van der Waals surface area (Å²) in [6.07, 6.45) is -2.98.